The molecule has 2 rings (SSSR count). The topological polar surface area (TPSA) is 47.6 Å². The fourth-order valence-corrected chi connectivity index (χ4v) is 1.56. The smallest absolute Gasteiger partial charge is 0.343 e. The van der Waals surface area contributed by atoms with Crippen LogP contribution in [0.5, 0.6) is 5.75 Å². The van der Waals surface area contributed by atoms with Crippen LogP contribution in [-0.4, -0.2) is 25.7 Å². The average Bonchev–Trinajstić information content (AvgIpc) is 3.17. The lowest BCUT2D eigenvalue weighted by atomic mass is 10.2. The molecule has 0 aromatic heterocycles. The molecular weight excluding hydrogens is 237 g/mol. The second-order valence-corrected chi connectivity index (χ2v) is 4.32. The Balaban J connectivity index is 1.93. The van der Waals surface area contributed by atoms with E-state index in [1.807, 2.05) is 0 Å². The van der Waals surface area contributed by atoms with E-state index in [1.54, 1.807) is 6.07 Å². The van der Waals surface area contributed by atoms with Gasteiger partial charge < -0.3 is 14.8 Å². The highest BCUT2D eigenvalue weighted by Gasteiger charge is 2.20. The van der Waals surface area contributed by atoms with Crippen LogP contribution < -0.4 is 10.1 Å². The molecule has 0 unspecified atom stereocenters. The molecule has 1 aromatic rings. The number of hydrogen-bond donors (Lipinski definition) is 1. The maximum Gasteiger partial charge on any atom is 0.343 e. The molecule has 1 fully saturated rings. The molecule has 1 saturated carbocycles. The van der Waals surface area contributed by atoms with Gasteiger partial charge in [-0.3, -0.25) is 0 Å². The SMILES string of the molecule is COC(=O)COc1cc(F)cc(CNC2CC2)c1. The minimum atomic E-state index is -0.489. The average molecular weight is 253 g/mol. The van der Waals surface area contributed by atoms with Crippen LogP contribution >= 0.6 is 0 Å². The van der Waals surface area contributed by atoms with Crippen LogP contribution in [0.2, 0.25) is 0 Å². The van der Waals surface area contributed by atoms with Crippen molar-refractivity contribution in [1.29, 1.82) is 0 Å². The first kappa shape index (κ1) is 12.8. The van der Waals surface area contributed by atoms with Gasteiger partial charge in [-0.25, -0.2) is 9.18 Å². The number of carbonyl (C=O) groups excluding carboxylic acids is 1. The molecule has 5 heteroatoms. The molecule has 0 amide bonds. The van der Waals surface area contributed by atoms with Crippen LogP contribution in [0.1, 0.15) is 18.4 Å². The minimum Gasteiger partial charge on any atom is -0.482 e. The van der Waals surface area contributed by atoms with Crippen molar-refractivity contribution in [3.63, 3.8) is 0 Å². The first-order chi connectivity index (χ1) is 8.67. The van der Waals surface area contributed by atoms with Crippen molar-refractivity contribution < 1.29 is 18.7 Å². The highest BCUT2D eigenvalue weighted by molar-refractivity contribution is 5.70. The van der Waals surface area contributed by atoms with E-state index >= 15 is 0 Å². The summed E-state index contributed by atoms with van der Waals surface area (Å²) in [6, 6.07) is 5.00. The summed E-state index contributed by atoms with van der Waals surface area (Å²) in [6.07, 6.45) is 2.36. The Hall–Kier alpha value is -1.62. The number of carbonyl (C=O) groups is 1. The highest BCUT2D eigenvalue weighted by atomic mass is 19.1. The Morgan fingerprint density at radius 1 is 1.44 bits per heavy atom. The molecule has 4 nitrogen and oxygen atoms in total. The Morgan fingerprint density at radius 2 is 2.22 bits per heavy atom. The second kappa shape index (κ2) is 5.82. The zero-order chi connectivity index (χ0) is 13.0. The summed E-state index contributed by atoms with van der Waals surface area (Å²) >= 11 is 0. The third-order valence-corrected chi connectivity index (χ3v) is 2.69. The quantitative estimate of drug-likeness (QED) is 0.783. The van der Waals surface area contributed by atoms with Gasteiger partial charge in [0.15, 0.2) is 6.61 Å². The van der Waals surface area contributed by atoms with Gasteiger partial charge in [-0.2, -0.15) is 0 Å². The van der Waals surface area contributed by atoms with Crippen LogP contribution in [0.25, 0.3) is 0 Å². The Kier molecular flexibility index (Phi) is 4.15. The number of nitrogens with one attached hydrogen (secondary N) is 1. The standard InChI is InChI=1S/C13H16FNO3/c1-17-13(16)8-18-12-5-9(4-10(14)6-12)7-15-11-2-3-11/h4-6,11,15H,2-3,7-8H2,1H3. The normalized spacial score (nSPS) is 14.3. The van der Waals surface area contributed by atoms with E-state index in [1.165, 1.54) is 32.1 Å². The molecule has 0 aliphatic heterocycles. The fraction of sp³-hybridized carbons (Fsp3) is 0.462. The van der Waals surface area contributed by atoms with Crippen molar-refractivity contribution in [2.75, 3.05) is 13.7 Å². The van der Waals surface area contributed by atoms with Gasteiger partial charge in [-0.15, -0.1) is 0 Å². The number of benzene rings is 1. The molecule has 0 saturated heterocycles. The Labute approximate surface area is 105 Å². The number of halogens is 1. The zero-order valence-electron chi connectivity index (χ0n) is 10.2. The van der Waals surface area contributed by atoms with E-state index in [4.69, 9.17) is 4.74 Å². The van der Waals surface area contributed by atoms with Crippen molar-refractivity contribution in [1.82, 2.24) is 5.32 Å². The van der Waals surface area contributed by atoms with Gasteiger partial charge in [-0.1, -0.05) is 0 Å². The third kappa shape index (κ3) is 4.00. The lowest BCUT2D eigenvalue weighted by Gasteiger charge is -2.08. The van der Waals surface area contributed by atoms with Gasteiger partial charge in [0.2, 0.25) is 0 Å². The molecule has 1 aliphatic carbocycles. The van der Waals surface area contributed by atoms with Crippen LogP contribution in [-0.2, 0) is 16.1 Å². The van der Waals surface area contributed by atoms with Gasteiger partial charge in [0.1, 0.15) is 11.6 Å². The molecular formula is C13H16FNO3. The summed E-state index contributed by atoms with van der Waals surface area (Å²) in [6.45, 7) is 0.395. The van der Waals surface area contributed by atoms with E-state index in [-0.39, 0.29) is 12.4 Å². The second-order valence-electron chi connectivity index (χ2n) is 4.32. The maximum absolute atomic E-state index is 13.4. The summed E-state index contributed by atoms with van der Waals surface area (Å²) in [7, 11) is 1.28. The molecule has 1 aromatic carbocycles. The summed E-state index contributed by atoms with van der Waals surface area (Å²) in [5, 5.41) is 3.29. The van der Waals surface area contributed by atoms with Crippen molar-refractivity contribution in [3.8, 4) is 5.75 Å². The maximum atomic E-state index is 13.4. The van der Waals surface area contributed by atoms with Crippen molar-refractivity contribution in [3.05, 3.63) is 29.6 Å². The van der Waals surface area contributed by atoms with Gasteiger partial charge in [0, 0.05) is 18.7 Å². The van der Waals surface area contributed by atoms with Crippen molar-refractivity contribution >= 4 is 5.97 Å². The lowest BCUT2D eigenvalue weighted by Crippen LogP contribution is -2.16. The molecule has 0 atom stereocenters. The molecule has 1 N–H and O–H groups in total. The number of esters is 1. The van der Waals surface area contributed by atoms with Crippen LogP contribution in [0.15, 0.2) is 18.2 Å². The monoisotopic (exact) mass is 253 g/mol. The van der Waals surface area contributed by atoms with Gasteiger partial charge in [0.25, 0.3) is 0 Å². The number of hydrogen-bond acceptors (Lipinski definition) is 4. The molecule has 98 valence electrons. The van der Waals surface area contributed by atoms with E-state index in [0.29, 0.717) is 18.3 Å². The predicted octanol–water partition coefficient (Wildman–Crippen LogP) is 1.63. The zero-order valence-corrected chi connectivity index (χ0v) is 10.2. The van der Waals surface area contributed by atoms with Gasteiger partial charge >= 0.3 is 5.97 Å². The van der Waals surface area contributed by atoms with Gasteiger partial charge in [0.05, 0.1) is 7.11 Å². The molecule has 0 spiro atoms. The Morgan fingerprint density at radius 3 is 2.89 bits per heavy atom. The molecule has 1 aliphatic rings. The van der Waals surface area contributed by atoms with Gasteiger partial charge in [-0.05, 0) is 30.5 Å². The van der Waals surface area contributed by atoms with E-state index in [9.17, 15) is 9.18 Å². The first-order valence-electron chi connectivity index (χ1n) is 5.90. The number of ether oxygens (including phenoxy) is 2. The minimum absolute atomic E-state index is 0.213. The predicted molar refractivity (Wildman–Crippen MR) is 63.8 cm³/mol. The summed E-state index contributed by atoms with van der Waals surface area (Å²) in [4.78, 5) is 10.9. The highest BCUT2D eigenvalue weighted by Crippen LogP contribution is 2.21. The number of rotatable bonds is 6. The summed E-state index contributed by atoms with van der Waals surface area (Å²) in [5.41, 5.74) is 0.807. The van der Waals surface area contributed by atoms with E-state index in [0.717, 1.165) is 5.56 Å². The van der Waals surface area contributed by atoms with E-state index in [2.05, 4.69) is 10.1 Å². The van der Waals surface area contributed by atoms with Crippen molar-refractivity contribution in [2.24, 2.45) is 0 Å². The number of methoxy groups -OCH3 is 1. The molecule has 0 heterocycles. The van der Waals surface area contributed by atoms with E-state index < -0.39 is 5.97 Å². The fourth-order valence-electron chi connectivity index (χ4n) is 1.56. The first-order valence-corrected chi connectivity index (χ1v) is 5.90. The molecule has 0 radical (unpaired) electrons. The van der Waals surface area contributed by atoms with Crippen LogP contribution in [0.4, 0.5) is 4.39 Å². The summed E-state index contributed by atoms with van der Waals surface area (Å²) < 4.78 is 23.0. The van der Waals surface area contributed by atoms with Crippen LogP contribution in [0, 0.1) is 5.82 Å². The van der Waals surface area contributed by atoms with Crippen molar-refractivity contribution in [2.45, 2.75) is 25.4 Å². The largest absolute Gasteiger partial charge is 0.482 e. The third-order valence-electron chi connectivity index (χ3n) is 2.69. The molecule has 18 heavy (non-hydrogen) atoms. The van der Waals surface area contributed by atoms with Crippen LogP contribution in [0.3, 0.4) is 0 Å². The Bertz CT molecular complexity index is 432. The lowest BCUT2D eigenvalue weighted by molar-refractivity contribution is -0.142. The summed E-state index contributed by atoms with van der Waals surface area (Å²) in [5.74, 6) is -0.519. The molecule has 0 bridgehead atoms.